The van der Waals surface area contributed by atoms with Crippen LogP contribution in [0.25, 0.3) is 50.1 Å². The Hall–Kier alpha value is -7.94. The molecule has 0 fully saturated rings. The number of nitrogens with zero attached hydrogens (tertiary/aromatic N) is 1. The molecular formula is C62H46N2. The van der Waals surface area contributed by atoms with Crippen LogP contribution in [0.1, 0.15) is 41.2 Å². The minimum Gasteiger partial charge on any atom is -0.355 e. The third-order valence-electron chi connectivity index (χ3n) is 13.9. The largest absolute Gasteiger partial charge is 0.355 e. The maximum atomic E-state index is 3.81. The lowest BCUT2D eigenvalue weighted by atomic mass is 9.66. The molecule has 0 saturated heterocycles. The van der Waals surface area contributed by atoms with Crippen molar-refractivity contribution in [3.8, 4) is 44.5 Å². The van der Waals surface area contributed by atoms with E-state index in [1.165, 1.54) is 83.7 Å². The summed E-state index contributed by atoms with van der Waals surface area (Å²) in [5.74, 6) is 0. The summed E-state index contributed by atoms with van der Waals surface area (Å²) in [6.45, 7) is 2.38. The first kappa shape index (κ1) is 37.8. The second kappa shape index (κ2) is 15.1. The molecule has 1 heterocycles. The topological polar surface area (TPSA) is 15.3 Å². The van der Waals surface area contributed by atoms with E-state index in [2.05, 4.69) is 260 Å². The molecule has 1 N–H and O–H groups in total. The highest BCUT2D eigenvalue weighted by Crippen LogP contribution is 2.59. The zero-order valence-electron chi connectivity index (χ0n) is 35.7. The Morgan fingerprint density at radius 3 is 1.81 bits per heavy atom. The summed E-state index contributed by atoms with van der Waals surface area (Å²) < 4.78 is 0. The molecule has 9 aromatic rings. The lowest BCUT2D eigenvalue weighted by Crippen LogP contribution is -2.40. The average molecular weight is 819 g/mol. The fraction of sp³-hybridized carbons (Fsp3) is 0.0645. The van der Waals surface area contributed by atoms with Crippen LogP contribution in [0.2, 0.25) is 0 Å². The van der Waals surface area contributed by atoms with E-state index in [9.17, 15) is 0 Å². The number of anilines is 4. The van der Waals surface area contributed by atoms with Crippen LogP contribution < -0.4 is 10.2 Å². The summed E-state index contributed by atoms with van der Waals surface area (Å²) in [5, 5.41) is 3.81. The first-order valence-electron chi connectivity index (χ1n) is 22.4. The summed E-state index contributed by atoms with van der Waals surface area (Å²) in [5.41, 5.74) is 21.6. The highest BCUT2D eigenvalue weighted by molar-refractivity contribution is 5.98. The molecule has 0 amide bonds. The van der Waals surface area contributed by atoms with Crippen LogP contribution in [-0.2, 0) is 5.41 Å². The van der Waals surface area contributed by atoms with Gasteiger partial charge in [-0.3, -0.25) is 0 Å². The Balaban J connectivity index is 0.885. The number of rotatable bonds is 8. The van der Waals surface area contributed by atoms with Gasteiger partial charge in [0, 0.05) is 33.9 Å². The van der Waals surface area contributed by atoms with Crippen molar-refractivity contribution in [3.05, 3.63) is 271 Å². The van der Waals surface area contributed by atoms with E-state index in [0.29, 0.717) is 0 Å². The monoisotopic (exact) mass is 818 g/mol. The van der Waals surface area contributed by atoms with E-state index in [-0.39, 0.29) is 5.54 Å². The van der Waals surface area contributed by atoms with E-state index < -0.39 is 5.41 Å². The predicted octanol–water partition coefficient (Wildman–Crippen LogP) is 16.0. The number of fused-ring (bicyclic) bond motifs is 6. The molecule has 1 atom stereocenters. The van der Waals surface area contributed by atoms with Crippen molar-refractivity contribution >= 4 is 28.3 Å². The number of hydrogen-bond donors (Lipinski definition) is 1. The van der Waals surface area contributed by atoms with Gasteiger partial charge in [0.05, 0.1) is 11.0 Å². The molecule has 0 radical (unpaired) electrons. The highest BCUT2D eigenvalue weighted by Gasteiger charge is 2.48. The molecule has 0 saturated carbocycles. The second-order valence-electron chi connectivity index (χ2n) is 17.5. The van der Waals surface area contributed by atoms with Crippen LogP contribution >= 0.6 is 0 Å². The van der Waals surface area contributed by atoms with Crippen molar-refractivity contribution < 1.29 is 0 Å². The van der Waals surface area contributed by atoms with Crippen LogP contribution in [0.15, 0.2) is 243 Å². The summed E-state index contributed by atoms with van der Waals surface area (Å²) in [7, 11) is 0. The highest BCUT2D eigenvalue weighted by atomic mass is 15.2. The maximum Gasteiger partial charge on any atom is 0.0719 e. The van der Waals surface area contributed by atoms with E-state index in [1.54, 1.807) is 0 Å². The van der Waals surface area contributed by atoms with Crippen LogP contribution in [0, 0.1) is 0 Å². The number of nitrogens with one attached hydrogen (secondary N) is 1. The molecule has 12 rings (SSSR count). The lowest BCUT2D eigenvalue weighted by Gasteiger charge is -2.38. The van der Waals surface area contributed by atoms with Gasteiger partial charge in [0.25, 0.3) is 0 Å². The number of benzene rings is 9. The summed E-state index contributed by atoms with van der Waals surface area (Å²) in [6.07, 6.45) is 7.79. The van der Waals surface area contributed by atoms with E-state index >= 15 is 0 Å². The first-order chi connectivity index (χ1) is 31.6. The standard InChI is InChI=1S/C62H46N2/c1-61-40-16-15-31-56(61)55-42-45(36-39-59(55)64(61)50-25-9-4-10-26-50)44-19-17-20-46(41-44)51-27-12-14-33-58(51)63-49-37-34-43(35-38-49)52-29-18-30-54-53-28-11-13-32-57(53)62(60(52)54,47-21-5-2-6-22-47)48-23-7-3-8-24-48/h2-39,41-42,63H,40H2,1H3. The third kappa shape index (κ3) is 5.87. The molecule has 2 heteroatoms. The average Bonchev–Trinajstić information content (AvgIpc) is 3.82. The molecule has 3 aliphatic rings. The molecule has 64 heavy (non-hydrogen) atoms. The summed E-state index contributed by atoms with van der Waals surface area (Å²) in [6, 6.07) is 82.4. The van der Waals surface area contributed by atoms with E-state index in [0.717, 1.165) is 23.4 Å². The van der Waals surface area contributed by atoms with Gasteiger partial charge in [0.2, 0.25) is 0 Å². The van der Waals surface area contributed by atoms with Gasteiger partial charge in [0.1, 0.15) is 0 Å². The minimum absolute atomic E-state index is 0.135. The second-order valence-corrected chi connectivity index (χ2v) is 17.5. The Kier molecular flexibility index (Phi) is 8.95. The predicted molar refractivity (Wildman–Crippen MR) is 268 cm³/mol. The van der Waals surface area contributed by atoms with Gasteiger partial charge in [0.15, 0.2) is 0 Å². The summed E-state index contributed by atoms with van der Waals surface area (Å²) in [4.78, 5) is 2.53. The Morgan fingerprint density at radius 2 is 1.05 bits per heavy atom. The first-order valence-corrected chi connectivity index (χ1v) is 22.4. The molecule has 2 nitrogen and oxygen atoms in total. The fourth-order valence-electron chi connectivity index (χ4n) is 11.1. The number of allylic oxidation sites excluding steroid dienone is 2. The van der Waals surface area contributed by atoms with Crippen LogP contribution in [0.3, 0.4) is 0 Å². The van der Waals surface area contributed by atoms with Gasteiger partial charge < -0.3 is 10.2 Å². The van der Waals surface area contributed by atoms with Gasteiger partial charge in [-0.15, -0.1) is 0 Å². The fourth-order valence-corrected chi connectivity index (χ4v) is 11.1. The van der Waals surface area contributed by atoms with Gasteiger partial charge >= 0.3 is 0 Å². The van der Waals surface area contributed by atoms with Crippen molar-refractivity contribution in [2.24, 2.45) is 0 Å². The Morgan fingerprint density at radius 1 is 0.453 bits per heavy atom. The molecule has 1 unspecified atom stereocenters. The van der Waals surface area contributed by atoms with Crippen molar-refractivity contribution in [1.82, 2.24) is 0 Å². The van der Waals surface area contributed by atoms with Crippen molar-refractivity contribution in [1.29, 1.82) is 0 Å². The van der Waals surface area contributed by atoms with Crippen molar-refractivity contribution in [3.63, 3.8) is 0 Å². The molecule has 2 aliphatic carbocycles. The lowest BCUT2D eigenvalue weighted by molar-refractivity contribution is 0.607. The van der Waals surface area contributed by atoms with Gasteiger partial charge in [-0.2, -0.15) is 0 Å². The summed E-state index contributed by atoms with van der Waals surface area (Å²) >= 11 is 0. The normalized spacial score (nSPS) is 16.3. The molecule has 0 spiro atoms. The molecule has 304 valence electrons. The SMILES string of the molecule is CC12CC=CC=C1c1cc(-c3cccc(-c4ccccc4Nc4ccc(-c5cccc6c5C(c5ccccc5)(c5ccccc5)c5ccccc5-6)cc4)c3)ccc1N2c1ccccc1. The van der Waals surface area contributed by atoms with E-state index in [1.807, 2.05) is 0 Å². The van der Waals surface area contributed by atoms with Crippen molar-refractivity contribution in [2.45, 2.75) is 24.3 Å². The maximum absolute atomic E-state index is 3.81. The smallest absolute Gasteiger partial charge is 0.0719 e. The quantitative estimate of drug-likeness (QED) is 0.164. The number of hydrogen-bond acceptors (Lipinski definition) is 2. The minimum atomic E-state index is -0.469. The molecule has 0 aromatic heterocycles. The van der Waals surface area contributed by atoms with Gasteiger partial charge in [-0.05, 0) is 129 Å². The molecule has 1 aliphatic heterocycles. The Labute approximate surface area is 376 Å². The van der Waals surface area contributed by atoms with Gasteiger partial charge in [-0.25, -0.2) is 0 Å². The van der Waals surface area contributed by atoms with Gasteiger partial charge in [-0.1, -0.05) is 194 Å². The van der Waals surface area contributed by atoms with Crippen LogP contribution in [0.4, 0.5) is 22.7 Å². The zero-order chi connectivity index (χ0) is 42.7. The van der Waals surface area contributed by atoms with Crippen LogP contribution in [0.5, 0.6) is 0 Å². The zero-order valence-corrected chi connectivity index (χ0v) is 35.7. The van der Waals surface area contributed by atoms with Crippen molar-refractivity contribution in [2.75, 3.05) is 10.2 Å². The van der Waals surface area contributed by atoms with E-state index in [4.69, 9.17) is 0 Å². The van der Waals surface area contributed by atoms with Crippen LogP contribution in [-0.4, -0.2) is 5.54 Å². The molecule has 9 aromatic carbocycles. The molecular weight excluding hydrogens is 773 g/mol. The number of para-hydroxylation sites is 2. The molecule has 0 bridgehead atoms. The third-order valence-corrected chi connectivity index (χ3v) is 13.9. The Bertz CT molecular complexity index is 3230.